The first-order valence-electron chi connectivity index (χ1n) is 10.6. The lowest BCUT2D eigenvalue weighted by atomic mass is 10.1. The van der Waals surface area contributed by atoms with Gasteiger partial charge in [-0.05, 0) is 35.1 Å². The molecule has 10 heteroatoms. The van der Waals surface area contributed by atoms with Crippen LogP contribution in [0.3, 0.4) is 0 Å². The molecule has 0 amide bonds. The minimum absolute atomic E-state index is 0.175. The fraction of sp³-hybridized carbons (Fsp3) is 0.304. The predicted molar refractivity (Wildman–Crippen MR) is 127 cm³/mol. The second-order valence-corrected chi connectivity index (χ2v) is 9.53. The van der Waals surface area contributed by atoms with Gasteiger partial charge in [0, 0.05) is 43.1 Å². The lowest BCUT2D eigenvalue weighted by Gasteiger charge is -2.11. The van der Waals surface area contributed by atoms with Crippen LogP contribution in [0, 0.1) is 11.7 Å². The van der Waals surface area contributed by atoms with Crippen molar-refractivity contribution in [1.29, 1.82) is 0 Å². The van der Waals surface area contributed by atoms with Crippen LogP contribution in [0.4, 0.5) is 4.39 Å². The fourth-order valence-electron chi connectivity index (χ4n) is 4.16. The molecule has 170 valence electrons. The fourth-order valence-corrected chi connectivity index (χ4v) is 5.10. The summed E-state index contributed by atoms with van der Waals surface area (Å²) in [5, 5.41) is 7.87. The van der Waals surface area contributed by atoms with Crippen molar-refractivity contribution < 1.29 is 4.39 Å². The first-order chi connectivity index (χ1) is 15.8. The number of aryl methyl sites for hydroxylation is 1. The number of aromatic nitrogens is 6. The molecule has 1 aromatic carbocycles. The molecule has 0 aliphatic heterocycles. The highest BCUT2D eigenvalue weighted by molar-refractivity contribution is 7.17. The normalized spacial score (nSPS) is 11.9. The highest BCUT2D eigenvalue weighted by Gasteiger charge is 2.25. The molecule has 0 saturated carbocycles. The van der Waals surface area contributed by atoms with Crippen LogP contribution >= 0.6 is 11.3 Å². The number of benzene rings is 1. The summed E-state index contributed by atoms with van der Waals surface area (Å²) in [6, 6.07) is 4.71. The van der Waals surface area contributed by atoms with Crippen LogP contribution in [0.2, 0.25) is 0 Å². The first kappa shape index (κ1) is 21.3. The summed E-state index contributed by atoms with van der Waals surface area (Å²) in [6.07, 6.45) is 3.45. The molecule has 5 aromatic rings. The summed E-state index contributed by atoms with van der Waals surface area (Å²) in [5.74, 6) is 0.431. The van der Waals surface area contributed by atoms with Gasteiger partial charge >= 0.3 is 5.69 Å². The van der Waals surface area contributed by atoms with Gasteiger partial charge in [-0.2, -0.15) is 5.10 Å². The van der Waals surface area contributed by atoms with Gasteiger partial charge < -0.3 is 4.57 Å². The van der Waals surface area contributed by atoms with E-state index in [2.05, 4.69) is 4.98 Å². The second kappa shape index (κ2) is 7.80. The SMILES string of the molecule is CC(C)Cn1c(=O)n(C)c(=O)c2c(-c3nccn3C)n(Cc3csc4ccc(F)cc34)nc21. The number of halogens is 1. The molecule has 0 radical (unpaired) electrons. The van der Waals surface area contributed by atoms with Crippen molar-refractivity contribution in [3.05, 3.63) is 68.2 Å². The van der Waals surface area contributed by atoms with E-state index in [1.165, 1.54) is 30.5 Å². The smallest absolute Gasteiger partial charge is 0.332 e. The van der Waals surface area contributed by atoms with Crippen LogP contribution in [0.5, 0.6) is 0 Å². The van der Waals surface area contributed by atoms with Gasteiger partial charge in [-0.1, -0.05) is 13.8 Å². The summed E-state index contributed by atoms with van der Waals surface area (Å²) >= 11 is 1.53. The van der Waals surface area contributed by atoms with Crippen molar-refractivity contribution in [1.82, 2.24) is 28.5 Å². The molecule has 0 unspecified atom stereocenters. The average Bonchev–Trinajstić information content (AvgIpc) is 3.47. The Balaban J connectivity index is 1.84. The third-order valence-corrected chi connectivity index (χ3v) is 6.75. The molecule has 8 nitrogen and oxygen atoms in total. The average molecular weight is 467 g/mol. The van der Waals surface area contributed by atoms with E-state index in [9.17, 15) is 14.0 Å². The third kappa shape index (κ3) is 3.41. The highest BCUT2D eigenvalue weighted by Crippen LogP contribution is 2.30. The van der Waals surface area contributed by atoms with Gasteiger partial charge in [0.25, 0.3) is 5.56 Å². The summed E-state index contributed by atoms with van der Waals surface area (Å²) in [4.78, 5) is 30.7. The second-order valence-electron chi connectivity index (χ2n) is 8.62. The molecule has 0 N–H and O–H groups in total. The molecule has 0 aliphatic rings. The Morgan fingerprint density at radius 1 is 1.18 bits per heavy atom. The number of thiophene rings is 1. The van der Waals surface area contributed by atoms with Crippen molar-refractivity contribution in [2.45, 2.75) is 26.9 Å². The zero-order valence-corrected chi connectivity index (χ0v) is 19.6. The molecule has 0 spiro atoms. The zero-order chi connectivity index (χ0) is 23.4. The molecule has 0 saturated heterocycles. The van der Waals surface area contributed by atoms with Gasteiger partial charge in [0.1, 0.15) is 16.9 Å². The van der Waals surface area contributed by atoms with Crippen LogP contribution in [0.15, 0.2) is 45.6 Å². The molecule has 4 aromatic heterocycles. The van der Waals surface area contributed by atoms with E-state index in [1.54, 1.807) is 27.7 Å². The maximum Gasteiger partial charge on any atom is 0.332 e. The van der Waals surface area contributed by atoms with E-state index in [0.717, 1.165) is 20.2 Å². The molecular weight excluding hydrogens is 443 g/mol. The van der Waals surface area contributed by atoms with E-state index in [1.807, 2.05) is 30.8 Å². The summed E-state index contributed by atoms with van der Waals surface area (Å²) in [5.41, 5.74) is 0.931. The Morgan fingerprint density at radius 3 is 2.67 bits per heavy atom. The topological polar surface area (TPSA) is 79.6 Å². The number of nitrogens with zero attached hydrogens (tertiary/aromatic N) is 6. The summed E-state index contributed by atoms with van der Waals surface area (Å²) in [6.45, 7) is 4.74. The Hall–Kier alpha value is -3.53. The van der Waals surface area contributed by atoms with Crippen molar-refractivity contribution in [3.63, 3.8) is 0 Å². The Labute approximate surface area is 192 Å². The van der Waals surface area contributed by atoms with Crippen LogP contribution in [0.25, 0.3) is 32.6 Å². The van der Waals surface area contributed by atoms with Crippen molar-refractivity contribution in [2.75, 3.05) is 0 Å². The van der Waals surface area contributed by atoms with Crippen LogP contribution in [0.1, 0.15) is 19.4 Å². The Kier molecular flexibility index (Phi) is 5.04. The van der Waals surface area contributed by atoms with Gasteiger partial charge in [0.15, 0.2) is 11.5 Å². The molecule has 0 atom stereocenters. The third-order valence-electron chi connectivity index (χ3n) is 5.74. The van der Waals surface area contributed by atoms with Crippen molar-refractivity contribution in [3.8, 4) is 11.5 Å². The van der Waals surface area contributed by atoms with E-state index in [0.29, 0.717) is 35.6 Å². The zero-order valence-electron chi connectivity index (χ0n) is 18.7. The first-order valence-corrected chi connectivity index (χ1v) is 11.5. The number of hydrogen-bond donors (Lipinski definition) is 0. The monoisotopic (exact) mass is 466 g/mol. The quantitative estimate of drug-likeness (QED) is 0.398. The lowest BCUT2D eigenvalue weighted by molar-refractivity contribution is 0.498. The Bertz CT molecular complexity index is 1630. The minimum atomic E-state index is -0.416. The van der Waals surface area contributed by atoms with E-state index in [-0.39, 0.29) is 11.7 Å². The van der Waals surface area contributed by atoms with Gasteiger partial charge in [0.2, 0.25) is 0 Å². The lowest BCUT2D eigenvalue weighted by Crippen LogP contribution is -2.38. The van der Waals surface area contributed by atoms with Gasteiger partial charge in [0.05, 0.1) is 6.54 Å². The summed E-state index contributed by atoms with van der Waals surface area (Å²) < 4.78 is 21.1. The number of rotatable bonds is 5. The predicted octanol–water partition coefficient (Wildman–Crippen LogP) is 3.36. The van der Waals surface area contributed by atoms with Crippen LogP contribution < -0.4 is 11.2 Å². The maximum atomic E-state index is 14.0. The molecule has 33 heavy (non-hydrogen) atoms. The molecule has 0 aliphatic carbocycles. The number of hydrogen-bond acceptors (Lipinski definition) is 5. The molecule has 0 bridgehead atoms. The Morgan fingerprint density at radius 2 is 1.97 bits per heavy atom. The molecule has 4 heterocycles. The van der Waals surface area contributed by atoms with Crippen LogP contribution in [-0.4, -0.2) is 28.5 Å². The van der Waals surface area contributed by atoms with Crippen LogP contribution in [-0.2, 0) is 27.2 Å². The minimum Gasteiger partial charge on any atom is -0.333 e. The van der Waals surface area contributed by atoms with E-state index < -0.39 is 11.2 Å². The largest absolute Gasteiger partial charge is 0.333 e. The molecular formula is C23H23FN6O2S. The standard InChI is InChI=1S/C23H23FN6O2S/c1-13(2)10-29-20-18(22(31)28(4)23(29)32)19(21-25-7-8-27(21)3)30(26-20)11-14-12-33-17-6-5-15(24)9-16(14)17/h5-9,12-13H,10-11H2,1-4H3. The van der Waals surface area contributed by atoms with Gasteiger partial charge in [-0.15, -0.1) is 11.3 Å². The molecule has 0 fully saturated rings. The van der Waals surface area contributed by atoms with Gasteiger partial charge in [-0.25, -0.2) is 14.2 Å². The van der Waals surface area contributed by atoms with Gasteiger partial charge in [-0.3, -0.25) is 18.6 Å². The number of fused-ring (bicyclic) bond motifs is 2. The van der Waals surface area contributed by atoms with E-state index >= 15 is 0 Å². The number of imidazole rings is 1. The maximum absolute atomic E-state index is 14.0. The highest BCUT2D eigenvalue weighted by atomic mass is 32.1. The summed E-state index contributed by atoms with van der Waals surface area (Å²) in [7, 11) is 3.32. The van der Waals surface area contributed by atoms with Crippen molar-refractivity contribution in [2.24, 2.45) is 20.0 Å². The molecule has 5 rings (SSSR count). The van der Waals surface area contributed by atoms with E-state index in [4.69, 9.17) is 5.10 Å². The van der Waals surface area contributed by atoms with Crippen molar-refractivity contribution >= 4 is 32.5 Å².